The Labute approximate surface area is 249 Å². The Hall–Kier alpha value is -4.73. The summed E-state index contributed by atoms with van der Waals surface area (Å²) in [6.07, 6.45) is 1.47. The van der Waals surface area contributed by atoms with Crippen LogP contribution in [0.3, 0.4) is 0 Å². The lowest BCUT2D eigenvalue weighted by Gasteiger charge is -2.24. The van der Waals surface area contributed by atoms with Crippen LogP contribution >= 0.6 is 0 Å². The van der Waals surface area contributed by atoms with E-state index in [2.05, 4.69) is 26.3 Å². The van der Waals surface area contributed by atoms with Crippen molar-refractivity contribution in [3.05, 3.63) is 35.9 Å². The maximum atomic E-state index is 13.1. The second kappa shape index (κ2) is 17.3. The second-order valence-corrected chi connectivity index (χ2v) is 10.1. The minimum atomic E-state index is -1.24. The topological polar surface area (TPSA) is 264 Å². The highest BCUT2D eigenvalue weighted by atomic mass is 16.4. The fourth-order valence-corrected chi connectivity index (χ4v) is 4.48. The number of carboxylic acid groups (broad SMARTS) is 1. The molecular formula is C27H41N9O7. The summed E-state index contributed by atoms with van der Waals surface area (Å²) in [5, 5.41) is 19.5. The molecule has 1 saturated heterocycles. The van der Waals surface area contributed by atoms with Gasteiger partial charge in [0.1, 0.15) is 24.2 Å². The smallest absolute Gasteiger partial charge is 0.326 e. The summed E-state index contributed by atoms with van der Waals surface area (Å²) in [6, 6.07) is 4.50. The average Bonchev–Trinajstić information content (AvgIpc) is 3.47. The highest BCUT2D eigenvalue weighted by molar-refractivity contribution is 5.95. The van der Waals surface area contributed by atoms with Gasteiger partial charge >= 0.3 is 5.97 Å². The molecule has 16 nitrogen and oxygen atoms in total. The molecule has 1 heterocycles. The van der Waals surface area contributed by atoms with Gasteiger partial charge in [-0.3, -0.25) is 29.0 Å². The van der Waals surface area contributed by atoms with Crippen molar-refractivity contribution >= 4 is 41.5 Å². The molecule has 0 saturated carbocycles. The molecule has 1 fully saturated rings. The van der Waals surface area contributed by atoms with Crippen LogP contribution in [-0.4, -0.2) is 102 Å². The number of hydrogen-bond donors (Lipinski definition) is 8. The lowest BCUT2D eigenvalue weighted by atomic mass is 10.1. The molecule has 1 aliphatic heterocycles. The number of rotatable bonds is 16. The summed E-state index contributed by atoms with van der Waals surface area (Å²) in [5.74, 6) is -4.40. The van der Waals surface area contributed by atoms with Gasteiger partial charge in [0.2, 0.25) is 29.5 Å². The van der Waals surface area contributed by atoms with E-state index in [-0.39, 0.29) is 37.8 Å². The zero-order chi connectivity index (χ0) is 31.9. The molecule has 1 aromatic rings. The monoisotopic (exact) mass is 603 g/mol. The van der Waals surface area contributed by atoms with E-state index in [1.807, 2.05) is 0 Å². The number of hydrogen-bond acceptors (Lipinski definition) is 8. The zero-order valence-corrected chi connectivity index (χ0v) is 24.1. The van der Waals surface area contributed by atoms with Crippen molar-refractivity contribution < 1.29 is 33.9 Å². The van der Waals surface area contributed by atoms with Gasteiger partial charge in [0.25, 0.3) is 0 Å². The van der Waals surface area contributed by atoms with Crippen LogP contribution in [0, 0.1) is 0 Å². The number of benzene rings is 1. The second-order valence-electron chi connectivity index (χ2n) is 10.1. The normalized spacial score (nSPS) is 16.2. The average molecular weight is 604 g/mol. The molecule has 0 unspecified atom stereocenters. The molecule has 0 spiro atoms. The van der Waals surface area contributed by atoms with Crippen molar-refractivity contribution in [2.75, 3.05) is 26.2 Å². The Kier molecular flexibility index (Phi) is 13.9. The molecule has 5 amide bonds. The Morgan fingerprint density at radius 2 is 1.72 bits per heavy atom. The maximum absolute atomic E-state index is 13.1. The van der Waals surface area contributed by atoms with Gasteiger partial charge in [0, 0.05) is 19.5 Å². The minimum Gasteiger partial charge on any atom is -0.480 e. The predicted molar refractivity (Wildman–Crippen MR) is 156 cm³/mol. The molecule has 1 aliphatic rings. The van der Waals surface area contributed by atoms with Gasteiger partial charge in [0.15, 0.2) is 5.96 Å². The Bertz CT molecular complexity index is 1170. The maximum Gasteiger partial charge on any atom is 0.326 e. The van der Waals surface area contributed by atoms with Crippen molar-refractivity contribution in [3.8, 4) is 0 Å². The van der Waals surface area contributed by atoms with Crippen LogP contribution in [0.4, 0.5) is 0 Å². The summed E-state index contributed by atoms with van der Waals surface area (Å²) in [6.45, 7) is 1.24. The number of amides is 5. The third-order valence-corrected chi connectivity index (χ3v) is 6.72. The van der Waals surface area contributed by atoms with Crippen molar-refractivity contribution in [2.45, 2.75) is 63.2 Å². The molecule has 2 rings (SSSR count). The van der Waals surface area contributed by atoms with Crippen LogP contribution in [0.5, 0.6) is 0 Å². The van der Waals surface area contributed by atoms with Gasteiger partial charge in [-0.25, -0.2) is 4.79 Å². The summed E-state index contributed by atoms with van der Waals surface area (Å²) in [5.41, 5.74) is 16.8. The molecule has 0 aliphatic carbocycles. The molecule has 1 aromatic carbocycles. The first kappa shape index (κ1) is 34.5. The molecule has 4 atom stereocenters. The third kappa shape index (κ3) is 11.6. The third-order valence-electron chi connectivity index (χ3n) is 6.72. The number of nitrogens with one attached hydrogen (secondary N) is 4. The largest absolute Gasteiger partial charge is 0.480 e. The van der Waals surface area contributed by atoms with E-state index in [0.29, 0.717) is 31.4 Å². The van der Waals surface area contributed by atoms with Crippen LogP contribution in [0.25, 0.3) is 0 Å². The predicted octanol–water partition coefficient (Wildman–Crippen LogP) is -3.09. The number of guanidine groups is 1. The van der Waals surface area contributed by atoms with Gasteiger partial charge in [-0.05, 0) is 38.2 Å². The number of nitrogens with zero attached hydrogens (tertiary/aromatic N) is 2. The number of carbonyl (C=O) groups excluding carboxylic acids is 5. The fraction of sp³-hybridized carbons (Fsp3) is 0.519. The van der Waals surface area contributed by atoms with Crippen LogP contribution in [0.1, 0.15) is 38.2 Å². The molecule has 236 valence electrons. The van der Waals surface area contributed by atoms with Gasteiger partial charge in [-0.15, -0.1) is 0 Å². The van der Waals surface area contributed by atoms with E-state index in [0.717, 1.165) is 0 Å². The van der Waals surface area contributed by atoms with Gasteiger partial charge in [-0.1, -0.05) is 30.3 Å². The van der Waals surface area contributed by atoms with Crippen molar-refractivity contribution in [1.29, 1.82) is 0 Å². The number of aliphatic carboxylic acids is 1. The van der Waals surface area contributed by atoms with E-state index >= 15 is 0 Å². The lowest BCUT2D eigenvalue weighted by molar-refractivity contribution is -0.142. The molecule has 43 heavy (non-hydrogen) atoms. The first-order valence-electron chi connectivity index (χ1n) is 13.9. The van der Waals surface area contributed by atoms with Crippen molar-refractivity contribution in [1.82, 2.24) is 26.2 Å². The quantitative estimate of drug-likeness (QED) is 0.0536. The summed E-state index contributed by atoms with van der Waals surface area (Å²) >= 11 is 0. The number of aliphatic imine (C=N–C) groups is 1. The van der Waals surface area contributed by atoms with Crippen molar-refractivity contribution in [3.63, 3.8) is 0 Å². The highest BCUT2D eigenvalue weighted by Gasteiger charge is 2.34. The number of nitrogens with two attached hydrogens (primary N) is 3. The van der Waals surface area contributed by atoms with Crippen LogP contribution in [0.15, 0.2) is 35.3 Å². The number of carboxylic acids is 1. The Balaban J connectivity index is 1.99. The molecule has 0 aromatic heterocycles. The van der Waals surface area contributed by atoms with Gasteiger partial charge in [0.05, 0.1) is 13.1 Å². The summed E-state index contributed by atoms with van der Waals surface area (Å²) < 4.78 is 0. The highest BCUT2D eigenvalue weighted by Crippen LogP contribution is 2.17. The number of carbonyl (C=O) groups is 6. The number of likely N-dealkylation sites (tertiary alicyclic amines) is 1. The van der Waals surface area contributed by atoms with Crippen LogP contribution in [-0.2, 0) is 35.2 Å². The van der Waals surface area contributed by atoms with Gasteiger partial charge in [-0.2, -0.15) is 0 Å². The van der Waals surface area contributed by atoms with Crippen molar-refractivity contribution in [2.24, 2.45) is 22.2 Å². The van der Waals surface area contributed by atoms with Crippen LogP contribution < -0.4 is 38.5 Å². The summed E-state index contributed by atoms with van der Waals surface area (Å²) in [7, 11) is 0. The Morgan fingerprint density at radius 1 is 1.02 bits per heavy atom. The SMILES string of the molecule is C[C@H](NC(=O)[C@H](CCCN=C(N)N)NC(=O)CNC(=O)[C@@H]1CCCN1C(=O)CN)C(=O)N[C@@H](Cc1ccccc1)C(=O)O. The summed E-state index contributed by atoms with van der Waals surface area (Å²) in [4.78, 5) is 80.1. The standard InChI is InChI=1S/C27H41N9O7/c1-16(23(39)35-19(26(42)43)13-17-7-3-2-4-8-17)33-24(40)18(9-5-11-31-27(29)30)34-21(37)15-32-25(41)20-10-6-12-36(20)22(38)14-28/h2-4,7-8,16,18-20H,5-6,9-15,28H2,1H3,(H,32,41)(H,33,40)(H,34,37)(H,35,39)(H,42,43)(H4,29,30,31)/t16-,18-,19-,20-/m0/s1. The zero-order valence-electron chi connectivity index (χ0n) is 24.1. The lowest BCUT2D eigenvalue weighted by Crippen LogP contribution is -2.56. The minimum absolute atomic E-state index is 0.0385. The van der Waals surface area contributed by atoms with Gasteiger partial charge < -0.3 is 48.5 Å². The molecular weight excluding hydrogens is 562 g/mol. The molecule has 11 N–H and O–H groups in total. The first-order chi connectivity index (χ1) is 20.4. The fourth-order valence-electron chi connectivity index (χ4n) is 4.48. The molecule has 16 heteroatoms. The molecule has 0 bridgehead atoms. The molecule has 0 radical (unpaired) electrons. The van der Waals surface area contributed by atoms with Crippen LogP contribution in [0.2, 0.25) is 0 Å². The van der Waals surface area contributed by atoms with E-state index in [4.69, 9.17) is 17.2 Å². The van der Waals surface area contributed by atoms with E-state index in [1.54, 1.807) is 30.3 Å². The van der Waals surface area contributed by atoms with E-state index in [1.165, 1.54) is 11.8 Å². The van der Waals surface area contributed by atoms with E-state index < -0.39 is 60.3 Å². The Morgan fingerprint density at radius 3 is 2.35 bits per heavy atom. The van der Waals surface area contributed by atoms with E-state index in [9.17, 15) is 33.9 Å². The first-order valence-corrected chi connectivity index (χ1v) is 13.9.